The van der Waals surface area contributed by atoms with Gasteiger partial charge < -0.3 is 15.1 Å². The zero-order valence-corrected chi connectivity index (χ0v) is 14.3. The number of fused-ring (bicyclic) bond motifs is 1. The Hall–Kier alpha value is -2.51. The summed E-state index contributed by atoms with van der Waals surface area (Å²) in [5, 5.41) is 28.7. The summed E-state index contributed by atoms with van der Waals surface area (Å²) in [5.41, 5.74) is 1.87. The summed E-state index contributed by atoms with van der Waals surface area (Å²) in [6.45, 7) is 1.02. The highest BCUT2D eigenvalue weighted by Crippen LogP contribution is 2.37. The summed E-state index contributed by atoms with van der Waals surface area (Å²) in [7, 11) is 0. The summed E-state index contributed by atoms with van der Waals surface area (Å²) < 4.78 is 13.2. The highest BCUT2D eigenvalue weighted by Gasteiger charge is 2.43. The summed E-state index contributed by atoms with van der Waals surface area (Å²) >= 11 is 0. The summed E-state index contributed by atoms with van der Waals surface area (Å²) in [5.74, 6) is -0.295. The van der Waals surface area contributed by atoms with Gasteiger partial charge in [-0.1, -0.05) is 12.1 Å². The van der Waals surface area contributed by atoms with Crippen LogP contribution in [0.15, 0.2) is 42.7 Å². The van der Waals surface area contributed by atoms with Crippen molar-refractivity contribution in [3.8, 4) is 0 Å². The van der Waals surface area contributed by atoms with Crippen LogP contribution >= 0.6 is 0 Å². The first kappa shape index (κ1) is 16.9. The zero-order valence-electron chi connectivity index (χ0n) is 14.3. The second kappa shape index (κ2) is 6.66. The molecule has 0 spiro atoms. The van der Waals surface area contributed by atoms with Crippen LogP contribution in [0.1, 0.15) is 12.0 Å². The molecule has 3 heterocycles. The van der Waals surface area contributed by atoms with Gasteiger partial charge >= 0.3 is 0 Å². The van der Waals surface area contributed by atoms with Crippen molar-refractivity contribution in [2.24, 2.45) is 5.41 Å². The number of halogens is 1. The molecular formula is C19H21FN4O2. The Morgan fingerprint density at radius 3 is 2.85 bits per heavy atom. The number of hydrogen-bond acceptors (Lipinski definition) is 5. The molecule has 1 saturated heterocycles. The number of piperidine rings is 1. The van der Waals surface area contributed by atoms with Crippen molar-refractivity contribution in [1.29, 1.82) is 0 Å². The van der Waals surface area contributed by atoms with E-state index in [4.69, 9.17) is 0 Å². The van der Waals surface area contributed by atoms with Gasteiger partial charge in [-0.25, -0.2) is 9.37 Å². The normalized spacial score (nSPS) is 23.5. The summed E-state index contributed by atoms with van der Waals surface area (Å²) in [6, 6.07) is 8.16. The van der Waals surface area contributed by atoms with Crippen LogP contribution in [-0.4, -0.2) is 51.2 Å². The van der Waals surface area contributed by atoms with Crippen molar-refractivity contribution in [3.63, 3.8) is 0 Å². The molecule has 1 aromatic carbocycles. The number of anilines is 1. The van der Waals surface area contributed by atoms with Gasteiger partial charge in [0.25, 0.3) is 0 Å². The monoisotopic (exact) mass is 356 g/mol. The van der Waals surface area contributed by atoms with E-state index in [0.717, 1.165) is 16.6 Å². The minimum atomic E-state index is -0.713. The molecule has 1 aliphatic rings. The molecule has 4 rings (SSSR count). The molecule has 1 aliphatic heterocycles. The number of rotatable bonds is 4. The van der Waals surface area contributed by atoms with Gasteiger partial charge in [-0.2, -0.15) is 5.10 Å². The van der Waals surface area contributed by atoms with E-state index in [2.05, 4.69) is 20.1 Å². The third-order valence-electron chi connectivity index (χ3n) is 5.34. The molecule has 1 fully saturated rings. The van der Waals surface area contributed by atoms with E-state index in [1.165, 1.54) is 12.1 Å². The maximum atomic E-state index is 13.2. The fourth-order valence-electron chi connectivity index (χ4n) is 3.86. The average Bonchev–Trinajstić information content (AvgIpc) is 3.14. The first-order chi connectivity index (χ1) is 12.6. The second-order valence-electron chi connectivity index (χ2n) is 7.01. The minimum absolute atomic E-state index is 0.151. The standard InChI is InChI=1S/C19H21FN4O2/c20-14-3-1-13(2-4-14)9-19(12-25)11-24(8-6-17(19)26)16-5-7-21-18-15(16)10-22-23-18/h1-5,7,10,17,25-26H,6,8-9,11-12H2,(H,21,22,23)/t17-,19-/m0/s1. The van der Waals surface area contributed by atoms with Crippen molar-refractivity contribution >= 4 is 16.7 Å². The summed E-state index contributed by atoms with van der Waals surface area (Å²) in [6.07, 6.45) is 3.85. The van der Waals surface area contributed by atoms with Gasteiger partial charge in [0.05, 0.1) is 30.0 Å². The first-order valence-corrected chi connectivity index (χ1v) is 8.68. The van der Waals surface area contributed by atoms with Crippen LogP contribution in [0.3, 0.4) is 0 Å². The molecule has 6 nitrogen and oxygen atoms in total. The molecule has 0 bridgehead atoms. The van der Waals surface area contributed by atoms with Crippen LogP contribution in [0.5, 0.6) is 0 Å². The quantitative estimate of drug-likeness (QED) is 0.665. The predicted molar refractivity (Wildman–Crippen MR) is 96.3 cm³/mol. The lowest BCUT2D eigenvalue weighted by Gasteiger charge is -2.46. The number of benzene rings is 1. The third-order valence-corrected chi connectivity index (χ3v) is 5.34. The third kappa shape index (κ3) is 2.93. The molecule has 0 amide bonds. The van der Waals surface area contributed by atoms with Gasteiger partial charge in [-0.15, -0.1) is 0 Å². The van der Waals surface area contributed by atoms with Gasteiger partial charge in [0.2, 0.25) is 0 Å². The number of aliphatic hydroxyl groups excluding tert-OH is 2. The molecule has 3 N–H and O–H groups in total. The van der Waals surface area contributed by atoms with Crippen molar-refractivity contribution in [2.75, 3.05) is 24.6 Å². The van der Waals surface area contributed by atoms with Gasteiger partial charge in [0.1, 0.15) is 5.82 Å². The first-order valence-electron chi connectivity index (χ1n) is 8.68. The maximum Gasteiger partial charge on any atom is 0.157 e. The van der Waals surface area contributed by atoms with Crippen LogP contribution < -0.4 is 4.90 Å². The largest absolute Gasteiger partial charge is 0.396 e. The van der Waals surface area contributed by atoms with Crippen LogP contribution in [-0.2, 0) is 6.42 Å². The van der Waals surface area contributed by atoms with Crippen molar-refractivity contribution in [1.82, 2.24) is 15.2 Å². The molecule has 136 valence electrons. The number of nitrogens with zero attached hydrogens (tertiary/aromatic N) is 3. The Balaban J connectivity index is 1.66. The lowest BCUT2D eigenvalue weighted by atomic mass is 9.73. The van der Waals surface area contributed by atoms with E-state index in [1.807, 2.05) is 6.07 Å². The van der Waals surface area contributed by atoms with Gasteiger partial charge in [0, 0.05) is 24.7 Å². The van der Waals surface area contributed by atoms with Gasteiger partial charge in [0.15, 0.2) is 5.65 Å². The number of aromatic amines is 1. The number of aromatic nitrogens is 3. The smallest absolute Gasteiger partial charge is 0.157 e. The Labute approximate surface area is 150 Å². The van der Waals surface area contributed by atoms with E-state index in [9.17, 15) is 14.6 Å². The number of pyridine rings is 1. The molecule has 2 atom stereocenters. The van der Waals surface area contributed by atoms with E-state index in [1.54, 1.807) is 24.5 Å². The fraction of sp³-hybridized carbons (Fsp3) is 0.368. The number of hydrogen-bond donors (Lipinski definition) is 3. The van der Waals surface area contributed by atoms with Crippen LogP contribution in [0.2, 0.25) is 0 Å². The molecule has 0 saturated carbocycles. The van der Waals surface area contributed by atoms with E-state index >= 15 is 0 Å². The number of aliphatic hydroxyl groups is 2. The van der Waals surface area contributed by atoms with Gasteiger partial charge in [-0.05, 0) is 36.6 Å². The van der Waals surface area contributed by atoms with Crippen molar-refractivity contribution < 1.29 is 14.6 Å². The Morgan fingerprint density at radius 1 is 1.27 bits per heavy atom. The molecule has 7 heteroatoms. The highest BCUT2D eigenvalue weighted by atomic mass is 19.1. The Kier molecular flexibility index (Phi) is 4.34. The highest BCUT2D eigenvalue weighted by molar-refractivity contribution is 5.88. The topological polar surface area (TPSA) is 85.3 Å². The fourth-order valence-corrected chi connectivity index (χ4v) is 3.86. The predicted octanol–water partition coefficient (Wildman–Crippen LogP) is 1.89. The van der Waals surface area contributed by atoms with Crippen LogP contribution in [0.4, 0.5) is 10.1 Å². The minimum Gasteiger partial charge on any atom is -0.396 e. The number of nitrogens with one attached hydrogen (secondary N) is 1. The van der Waals surface area contributed by atoms with Crippen LogP contribution in [0, 0.1) is 11.2 Å². The Bertz CT molecular complexity index is 898. The number of H-pyrrole nitrogens is 1. The molecule has 26 heavy (non-hydrogen) atoms. The molecular weight excluding hydrogens is 335 g/mol. The zero-order chi connectivity index (χ0) is 18.1. The molecule has 0 radical (unpaired) electrons. The molecule has 0 aliphatic carbocycles. The molecule has 2 aromatic heterocycles. The van der Waals surface area contributed by atoms with E-state index < -0.39 is 11.5 Å². The van der Waals surface area contributed by atoms with E-state index in [0.29, 0.717) is 31.6 Å². The molecule has 3 aromatic rings. The van der Waals surface area contributed by atoms with Crippen molar-refractivity contribution in [2.45, 2.75) is 18.9 Å². The lowest BCUT2D eigenvalue weighted by molar-refractivity contribution is -0.0290. The second-order valence-corrected chi connectivity index (χ2v) is 7.01. The SMILES string of the molecule is OC[C@]1(Cc2ccc(F)cc2)CN(c2ccnc3[nH]ncc23)CC[C@@H]1O. The molecule has 0 unspecified atom stereocenters. The van der Waals surface area contributed by atoms with E-state index in [-0.39, 0.29) is 12.4 Å². The lowest BCUT2D eigenvalue weighted by Crippen LogP contribution is -2.55. The Morgan fingerprint density at radius 2 is 2.08 bits per heavy atom. The van der Waals surface area contributed by atoms with Gasteiger partial charge in [-0.3, -0.25) is 5.10 Å². The summed E-state index contributed by atoms with van der Waals surface area (Å²) in [4.78, 5) is 6.42. The van der Waals surface area contributed by atoms with Crippen molar-refractivity contribution in [3.05, 3.63) is 54.1 Å². The maximum absolute atomic E-state index is 13.2. The average molecular weight is 356 g/mol. The van der Waals surface area contributed by atoms with Crippen LogP contribution in [0.25, 0.3) is 11.0 Å².